The van der Waals surface area contributed by atoms with Crippen molar-refractivity contribution in [3.05, 3.63) is 6.92 Å². The lowest BCUT2D eigenvalue weighted by atomic mass is 10.2. The van der Waals surface area contributed by atoms with E-state index in [1.807, 2.05) is 0 Å². The van der Waals surface area contributed by atoms with E-state index in [0.717, 1.165) is 0 Å². The average molecular weight is 171 g/mol. The molecule has 0 fully saturated rings. The highest BCUT2D eigenvalue weighted by molar-refractivity contribution is 5.05. The van der Waals surface area contributed by atoms with Crippen LogP contribution in [-0.2, 0) is 0 Å². The molecule has 0 aromatic carbocycles. The summed E-state index contributed by atoms with van der Waals surface area (Å²) in [4.78, 5) is 0. The van der Waals surface area contributed by atoms with Gasteiger partial charge in [0.25, 0.3) is 0 Å². The van der Waals surface area contributed by atoms with Crippen molar-refractivity contribution in [3.63, 3.8) is 0 Å². The summed E-state index contributed by atoms with van der Waals surface area (Å²) < 4.78 is 57.7. The summed E-state index contributed by atoms with van der Waals surface area (Å²) in [6, 6.07) is 0. The first kappa shape index (κ1) is 10.2. The second-order valence-corrected chi connectivity index (χ2v) is 1.73. The van der Waals surface area contributed by atoms with Crippen LogP contribution in [0, 0.1) is 18.8 Å². The van der Waals surface area contributed by atoms with Gasteiger partial charge in [0.1, 0.15) is 0 Å². The van der Waals surface area contributed by atoms with Crippen molar-refractivity contribution in [2.75, 3.05) is 0 Å². The molecule has 63 valence electrons. The fourth-order valence-corrected chi connectivity index (χ4v) is 0.274. The summed E-state index contributed by atoms with van der Waals surface area (Å²) >= 11 is 0. The molecule has 1 radical (unpaired) electrons. The highest BCUT2D eigenvalue weighted by atomic mass is 19.4. The van der Waals surface area contributed by atoms with Crippen LogP contribution in [-0.4, -0.2) is 12.1 Å². The Balaban J connectivity index is 4.30. The molecule has 0 aromatic rings. The summed E-state index contributed by atoms with van der Waals surface area (Å²) in [6.07, 6.45) is -7.04. The molecule has 11 heavy (non-hydrogen) atoms. The lowest BCUT2D eigenvalue weighted by Crippen LogP contribution is -2.35. The first-order valence-corrected chi connectivity index (χ1v) is 2.51. The number of rotatable bonds is 1. The van der Waals surface area contributed by atoms with Crippen molar-refractivity contribution in [2.24, 2.45) is 0 Å². The summed E-state index contributed by atoms with van der Waals surface area (Å²) in [5.41, 5.74) is 0. The standard InChI is InChI=1S/C6H4F5/c1-2-3-4-5(7,8)6(9,10)11/h1,4H2. The van der Waals surface area contributed by atoms with E-state index in [9.17, 15) is 22.0 Å². The minimum Gasteiger partial charge on any atom is -0.195 e. The maximum atomic E-state index is 11.9. The zero-order valence-electron chi connectivity index (χ0n) is 5.30. The highest BCUT2D eigenvalue weighted by Crippen LogP contribution is 2.37. The molecule has 0 bridgehead atoms. The van der Waals surface area contributed by atoms with Crippen molar-refractivity contribution in [1.29, 1.82) is 0 Å². The zero-order chi connectivity index (χ0) is 9.12. The van der Waals surface area contributed by atoms with E-state index in [1.54, 1.807) is 11.8 Å². The summed E-state index contributed by atoms with van der Waals surface area (Å²) in [6.45, 7) is 2.81. The molecular formula is C6H4F5. The predicted octanol–water partition coefficient (Wildman–Crippen LogP) is 2.41. The normalized spacial score (nSPS) is 12.2. The molecule has 5 heteroatoms. The molecule has 0 unspecified atom stereocenters. The van der Waals surface area contributed by atoms with E-state index in [-0.39, 0.29) is 0 Å². The van der Waals surface area contributed by atoms with Gasteiger partial charge in [-0.1, -0.05) is 5.92 Å². The first-order chi connectivity index (χ1) is 4.81. The van der Waals surface area contributed by atoms with Crippen LogP contribution in [0.25, 0.3) is 0 Å². The summed E-state index contributed by atoms with van der Waals surface area (Å²) in [7, 11) is 0. The highest BCUT2D eigenvalue weighted by Gasteiger charge is 2.56. The summed E-state index contributed by atoms with van der Waals surface area (Å²) in [5.74, 6) is -1.44. The van der Waals surface area contributed by atoms with Gasteiger partial charge in [-0.15, -0.1) is 5.92 Å². The molecule has 0 rings (SSSR count). The minimum absolute atomic E-state index is 1.53. The third-order valence-electron chi connectivity index (χ3n) is 0.850. The van der Waals surface area contributed by atoms with Gasteiger partial charge in [-0.05, 0) is 0 Å². The van der Waals surface area contributed by atoms with Crippen LogP contribution in [0.4, 0.5) is 22.0 Å². The van der Waals surface area contributed by atoms with Gasteiger partial charge in [-0.25, -0.2) is 0 Å². The molecular weight excluding hydrogens is 167 g/mol. The lowest BCUT2D eigenvalue weighted by molar-refractivity contribution is -0.279. The molecule has 0 spiro atoms. The SMILES string of the molecule is [CH2]C#CCC(F)(F)C(F)(F)F. The molecule has 0 aliphatic rings. The van der Waals surface area contributed by atoms with Crippen LogP contribution >= 0.6 is 0 Å². The molecule has 0 aliphatic heterocycles. The first-order valence-electron chi connectivity index (χ1n) is 2.51. The number of hydrogen-bond donors (Lipinski definition) is 0. The lowest BCUT2D eigenvalue weighted by Gasteiger charge is -2.16. The van der Waals surface area contributed by atoms with Crippen LogP contribution in [0.1, 0.15) is 6.42 Å². The second-order valence-electron chi connectivity index (χ2n) is 1.73. The van der Waals surface area contributed by atoms with Crippen molar-refractivity contribution in [3.8, 4) is 11.8 Å². The average Bonchev–Trinajstić information content (AvgIpc) is 1.81. The van der Waals surface area contributed by atoms with E-state index in [0.29, 0.717) is 0 Å². The van der Waals surface area contributed by atoms with Crippen LogP contribution in [0.15, 0.2) is 0 Å². The van der Waals surface area contributed by atoms with E-state index in [2.05, 4.69) is 6.92 Å². The fraction of sp³-hybridized carbons (Fsp3) is 0.500. The zero-order valence-corrected chi connectivity index (χ0v) is 5.30. The van der Waals surface area contributed by atoms with Crippen LogP contribution in [0.2, 0.25) is 0 Å². The monoisotopic (exact) mass is 171 g/mol. The largest absolute Gasteiger partial charge is 0.454 e. The predicted molar refractivity (Wildman–Crippen MR) is 28.8 cm³/mol. The molecule has 0 aliphatic carbocycles. The van der Waals surface area contributed by atoms with E-state index in [4.69, 9.17) is 0 Å². The fourth-order valence-electron chi connectivity index (χ4n) is 0.274. The smallest absolute Gasteiger partial charge is 0.195 e. The second kappa shape index (κ2) is 3.07. The summed E-state index contributed by atoms with van der Waals surface area (Å²) in [5, 5.41) is 0. The molecule has 0 saturated heterocycles. The number of halogens is 5. The van der Waals surface area contributed by atoms with Gasteiger partial charge in [-0.2, -0.15) is 22.0 Å². The quantitative estimate of drug-likeness (QED) is 0.419. The molecule has 0 saturated carbocycles. The van der Waals surface area contributed by atoms with Crippen LogP contribution < -0.4 is 0 Å². The molecule has 0 amide bonds. The Hall–Kier alpha value is -0.790. The molecule has 0 nitrogen and oxygen atoms in total. The Labute approximate surface area is 60.4 Å². The minimum atomic E-state index is -5.52. The van der Waals surface area contributed by atoms with Gasteiger partial charge >= 0.3 is 12.1 Å². The van der Waals surface area contributed by atoms with Gasteiger partial charge in [0.15, 0.2) is 0 Å². The number of alkyl halides is 5. The Kier molecular flexibility index (Phi) is 2.85. The topological polar surface area (TPSA) is 0 Å². The van der Waals surface area contributed by atoms with E-state index in [1.165, 1.54) is 0 Å². The van der Waals surface area contributed by atoms with Crippen LogP contribution in [0.3, 0.4) is 0 Å². The van der Waals surface area contributed by atoms with Crippen molar-refractivity contribution >= 4 is 0 Å². The Morgan fingerprint density at radius 3 is 1.82 bits per heavy atom. The Morgan fingerprint density at radius 2 is 1.55 bits per heavy atom. The van der Waals surface area contributed by atoms with Crippen molar-refractivity contribution in [1.82, 2.24) is 0 Å². The molecule has 0 heterocycles. The van der Waals surface area contributed by atoms with Gasteiger partial charge in [0, 0.05) is 6.92 Å². The van der Waals surface area contributed by atoms with Gasteiger partial charge in [-0.3, -0.25) is 0 Å². The van der Waals surface area contributed by atoms with E-state index < -0.39 is 18.5 Å². The maximum Gasteiger partial charge on any atom is 0.454 e. The third-order valence-corrected chi connectivity index (χ3v) is 0.850. The maximum absolute atomic E-state index is 11.9. The van der Waals surface area contributed by atoms with Crippen molar-refractivity contribution in [2.45, 2.75) is 18.5 Å². The van der Waals surface area contributed by atoms with Gasteiger partial charge < -0.3 is 0 Å². The molecule has 0 atom stereocenters. The third kappa shape index (κ3) is 2.74. The van der Waals surface area contributed by atoms with Gasteiger partial charge in [0.05, 0.1) is 6.42 Å². The number of hydrogen-bond acceptors (Lipinski definition) is 0. The molecule has 0 N–H and O–H groups in total. The Bertz CT molecular complexity index is 179. The van der Waals surface area contributed by atoms with Crippen molar-refractivity contribution < 1.29 is 22.0 Å². The van der Waals surface area contributed by atoms with Crippen LogP contribution in [0.5, 0.6) is 0 Å². The molecule has 0 aromatic heterocycles. The van der Waals surface area contributed by atoms with E-state index >= 15 is 0 Å². The Morgan fingerprint density at radius 1 is 1.09 bits per heavy atom. The van der Waals surface area contributed by atoms with Gasteiger partial charge in [0.2, 0.25) is 0 Å².